The Kier molecular flexibility index (Phi) is 3.69. The zero-order valence-corrected chi connectivity index (χ0v) is 14.5. The third-order valence-corrected chi connectivity index (χ3v) is 5.29. The van der Waals surface area contributed by atoms with Crippen LogP contribution >= 0.6 is 11.3 Å². The molecule has 1 aliphatic rings. The van der Waals surface area contributed by atoms with E-state index in [1.54, 1.807) is 11.3 Å². The van der Waals surface area contributed by atoms with Gasteiger partial charge >= 0.3 is 0 Å². The third-order valence-electron chi connectivity index (χ3n) is 4.54. The van der Waals surface area contributed by atoms with Gasteiger partial charge in [0.25, 0.3) is 0 Å². The van der Waals surface area contributed by atoms with Gasteiger partial charge in [-0.2, -0.15) is 4.98 Å². The Bertz CT molecular complexity index is 818. The third kappa shape index (κ3) is 2.57. The maximum absolute atomic E-state index is 5.54. The molecule has 4 heterocycles. The van der Waals surface area contributed by atoms with Crippen molar-refractivity contribution in [3.8, 4) is 0 Å². The summed E-state index contributed by atoms with van der Waals surface area (Å²) in [6.45, 7) is 8.19. The molecule has 1 fully saturated rings. The minimum absolute atomic E-state index is 0.221. The smallest absolute Gasteiger partial charge is 0.244 e. The van der Waals surface area contributed by atoms with E-state index >= 15 is 0 Å². The second-order valence-electron chi connectivity index (χ2n) is 6.47. The number of fused-ring (bicyclic) bond motifs is 1. The van der Waals surface area contributed by atoms with E-state index in [4.69, 9.17) is 4.52 Å². The first-order valence-electron chi connectivity index (χ1n) is 8.12. The topological polar surface area (TPSA) is 59.5 Å². The molecule has 4 rings (SSSR count). The van der Waals surface area contributed by atoms with Crippen molar-refractivity contribution < 1.29 is 4.52 Å². The minimum Gasteiger partial charge on any atom is -0.338 e. The lowest BCUT2D eigenvalue weighted by Crippen LogP contribution is -2.24. The summed E-state index contributed by atoms with van der Waals surface area (Å²) in [4.78, 5) is 12.7. The van der Waals surface area contributed by atoms with Gasteiger partial charge in [-0.25, -0.2) is 4.98 Å². The van der Waals surface area contributed by atoms with Crippen LogP contribution in [0.25, 0.3) is 4.96 Å². The molecule has 1 saturated heterocycles. The highest BCUT2D eigenvalue weighted by atomic mass is 32.1. The van der Waals surface area contributed by atoms with E-state index < -0.39 is 0 Å². The molecule has 0 spiro atoms. The fourth-order valence-electron chi connectivity index (χ4n) is 3.24. The summed E-state index contributed by atoms with van der Waals surface area (Å²) in [5.74, 6) is 1.85. The maximum atomic E-state index is 5.54. The van der Waals surface area contributed by atoms with E-state index in [1.165, 1.54) is 5.69 Å². The van der Waals surface area contributed by atoms with Crippen LogP contribution in [0, 0.1) is 6.92 Å². The highest BCUT2D eigenvalue weighted by molar-refractivity contribution is 7.15. The molecule has 0 saturated carbocycles. The molecule has 0 N–H and O–H groups in total. The summed E-state index contributed by atoms with van der Waals surface area (Å²) in [6.07, 6.45) is 4.34. The lowest BCUT2D eigenvalue weighted by Gasteiger charge is -2.21. The van der Waals surface area contributed by atoms with Gasteiger partial charge in [0.1, 0.15) is 0 Å². The summed E-state index contributed by atoms with van der Waals surface area (Å²) in [5.41, 5.74) is 2.37. The molecular formula is C16H21N5OS. The fourth-order valence-corrected chi connectivity index (χ4v) is 4.01. The van der Waals surface area contributed by atoms with Gasteiger partial charge in [-0.15, -0.1) is 11.3 Å². The van der Waals surface area contributed by atoms with Crippen LogP contribution in [0.4, 0.5) is 0 Å². The van der Waals surface area contributed by atoms with Crippen molar-refractivity contribution in [2.24, 2.45) is 0 Å². The number of rotatable bonds is 4. The van der Waals surface area contributed by atoms with Crippen molar-refractivity contribution in [2.45, 2.75) is 52.1 Å². The standard InChI is InChI=1S/C16H21N5OS/c1-10(2)14-18-15(22-19-14)12-5-4-6-20(12)9-13-11(3)17-16-21(13)7-8-23-16/h7-8,10,12H,4-6,9H2,1-3H3/t12-/m1/s1. The number of imidazole rings is 1. The monoisotopic (exact) mass is 331 g/mol. The highest BCUT2D eigenvalue weighted by Crippen LogP contribution is 2.33. The van der Waals surface area contributed by atoms with E-state index in [0.29, 0.717) is 5.92 Å². The predicted octanol–water partition coefficient (Wildman–Crippen LogP) is 3.55. The van der Waals surface area contributed by atoms with Gasteiger partial charge in [-0.3, -0.25) is 9.30 Å². The Labute approximate surface area is 139 Å². The molecule has 23 heavy (non-hydrogen) atoms. The second-order valence-corrected chi connectivity index (χ2v) is 7.35. The molecule has 3 aromatic rings. The van der Waals surface area contributed by atoms with Crippen molar-refractivity contribution in [3.05, 3.63) is 34.7 Å². The lowest BCUT2D eigenvalue weighted by atomic mass is 10.2. The molecule has 0 bridgehead atoms. The Morgan fingerprint density at radius 1 is 1.39 bits per heavy atom. The van der Waals surface area contributed by atoms with Crippen molar-refractivity contribution in [3.63, 3.8) is 0 Å². The number of likely N-dealkylation sites (tertiary alicyclic amines) is 1. The van der Waals surface area contributed by atoms with E-state index in [2.05, 4.69) is 56.8 Å². The molecular weight excluding hydrogens is 310 g/mol. The van der Waals surface area contributed by atoms with Crippen molar-refractivity contribution in [1.29, 1.82) is 0 Å². The molecule has 3 aromatic heterocycles. The van der Waals surface area contributed by atoms with E-state index in [1.807, 2.05) is 0 Å². The summed E-state index contributed by atoms with van der Waals surface area (Å²) in [6, 6.07) is 0.221. The van der Waals surface area contributed by atoms with Crippen molar-refractivity contribution in [2.75, 3.05) is 6.54 Å². The molecule has 1 aliphatic heterocycles. The summed E-state index contributed by atoms with van der Waals surface area (Å²) in [5, 5.41) is 6.21. The predicted molar refractivity (Wildman–Crippen MR) is 88.6 cm³/mol. The van der Waals surface area contributed by atoms with Gasteiger partial charge in [-0.05, 0) is 26.3 Å². The number of hydrogen-bond donors (Lipinski definition) is 0. The zero-order chi connectivity index (χ0) is 16.0. The summed E-state index contributed by atoms with van der Waals surface area (Å²) < 4.78 is 7.74. The Hall–Kier alpha value is -1.73. The zero-order valence-electron chi connectivity index (χ0n) is 13.7. The van der Waals surface area contributed by atoms with E-state index in [0.717, 1.165) is 48.3 Å². The van der Waals surface area contributed by atoms with Crippen LogP contribution in [-0.2, 0) is 6.54 Å². The van der Waals surface area contributed by atoms with Crippen LogP contribution in [0.15, 0.2) is 16.1 Å². The minimum atomic E-state index is 0.221. The first kappa shape index (κ1) is 14.8. The molecule has 6 nitrogen and oxygen atoms in total. The van der Waals surface area contributed by atoms with E-state index in [-0.39, 0.29) is 6.04 Å². The normalized spacial score (nSPS) is 19.4. The second kappa shape index (κ2) is 5.72. The molecule has 0 aromatic carbocycles. The molecule has 0 aliphatic carbocycles. The quantitative estimate of drug-likeness (QED) is 0.732. The fraction of sp³-hybridized carbons (Fsp3) is 0.562. The summed E-state index contributed by atoms with van der Waals surface area (Å²) >= 11 is 1.68. The van der Waals surface area contributed by atoms with Gasteiger partial charge in [0.05, 0.1) is 17.4 Å². The van der Waals surface area contributed by atoms with Crippen molar-refractivity contribution >= 4 is 16.3 Å². The Balaban J connectivity index is 1.60. The lowest BCUT2D eigenvalue weighted by molar-refractivity contribution is 0.198. The van der Waals surface area contributed by atoms with Gasteiger partial charge in [0.2, 0.25) is 5.89 Å². The average Bonchev–Trinajstić information content (AvgIpc) is 3.25. The van der Waals surface area contributed by atoms with Gasteiger partial charge in [0, 0.05) is 24.0 Å². The molecule has 0 amide bonds. The van der Waals surface area contributed by atoms with Crippen LogP contribution in [0.1, 0.15) is 61.8 Å². The number of aromatic nitrogens is 4. The van der Waals surface area contributed by atoms with Crippen LogP contribution in [0.2, 0.25) is 0 Å². The average molecular weight is 331 g/mol. The van der Waals surface area contributed by atoms with Gasteiger partial charge in [-0.1, -0.05) is 19.0 Å². The van der Waals surface area contributed by atoms with Gasteiger partial charge < -0.3 is 4.52 Å². The SMILES string of the molecule is Cc1nc2sccn2c1CN1CCC[C@@H]1c1nc(C(C)C)no1. The molecule has 1 atom stereocenters. The highest BCUT2D eigenvalue weighted by Gasteiger charge is 2.32. The molecule has 122 valence electrons. The van der Waals surface area contributed by atoms with Crippen LogP contribution in [0.5, 0.6) is 0 Å². The number of thiazole rings is 1. The maximum Gasteiger partial charge on any atom is 0.244 e. The number of nitrogens with zero attached hydrogens (tertiary/aromatic N) is 5. The van der Waals surface area contributed by atoms with Crippen LogP contribution in [-0.4, -0.2) is 31.0 Å². The van der Waals surface area contributed by atoms with E-state index in [9.17, 15) is 0 Å². The van der Waals surface area contributed by atoms with Crippen LogP contribution < -0.4 is 0 Å². The first-order valence-corrected chi connectivity index (χ1v) is 9.00. The summed E-state index contributed by atoms with van der Waals surface area (Å²) in [7, 11) is 0. The Morgan fingerprint density at radius 3 is 3.04 bits per heavy atom. The number of hydrogen-bond acceptors (Lipinski definition) is 6. The van der Waals surface area contributed by atoms with Crippen LogP contribution in [0.3, 0.4) is 0 Å². The number of aryl methyl sites for hydroxylation is 1. The molecule has 0 radical (unpaired) electrons. The van der Waals surface area contributed by atoms with Crippen molar-refractivity contribution in [1.82, 2.24) is 24.4 Å². The molecule has 0 unspecified atom stereocenters. The Morgan fingerprint density at radius 2 is 2.26 bits per heavy atom. The molecule has 7 heteroatoms. The van der Waals surface area contributed by atoms with Gasteiger partial charge in [0.15, 0.2) is 10.8 Å². The largest absolute Gasteiger partial charge is 0.338 e. The first-order chi connectivity index (χ1) is 11.1.